The topological polar surface area (TPSA) is 82.2 Å². The lowest BCUT2D eigenvalue weighted by Gasteiger charge is -2.15. The van der Waals surface area contributed by atoms with E-state index < -0.39 is 0 Å². The first kappa shape index (κ1) is 17.1. The molecule has 1 amide bonds. The van der Waals surface area contributed by atoms with E-state index in [0.29, 0.717) is 21.9 Å². The van der Waals surface area contributed by atoms with Crippen LogP contribution in [0.25, 0.3) is 10.9 Å². The fraction of sp³-hybridized carbons (Fsp3) is 0.0500. The lowest BCUT2D eigenvalue weighted by atomic mass is 9.97. The number of aliphatic imine (C=N–C) groups is 1. The van der Waals surface area contributed by atoms with Crippen LogP contribution >= 0.6 is 11.6 Å². The van der Waals surface area contributed by atoms with Gasteiger partial charge < -0.3 is 10.6 Å². The number of fused-ring (bicyclic) bond motifs is 3. The quantitative estimate of drug-likeness (QED) is 0.589. The fourth-order valence-electron chi connectivity index (χ4n) is 3.04. The Balaban J connectivity index is 2.01. The molecule has 1 aromatic heterocycles. The lowest BCUT2D eigenvalue weighted by Crippen LogP contribution is -2.11. The van der Waals surface area contributed by atoms with Gasteiger partial charge in [0, 0.05) is 27.7 Å². The number of halogens is 1. The Morgan fingerprint density at radius 3 is 2.89 bits per heavy atom. The second kappa shape index (κ2) is 6.74. The van der Waals surface area contributed by atoms with Crippen LogP contribution in [-0.4, -0.2) is 21.8 Å². The predicted octanol–water partition coefficient (Wildman–Crippen LogP) is 4.47. The summed E-state index contributed by atoms with van der Waals surface area (Å²) in [7, 11) is 0. The first-order valence-corrected chi connectivity index (χ1v) is 8.67. The fourth-order valence-corrected chi connectivity index (χ4v) is 3.27. The van der Waals surface area contributed by atoms with Gasteiger partial charge in [-0.2, -0.15) is 5.10 Å². The highest BCUT2D eigenvalue weighted by atomic mass is 35.5. The SMILES string of the molecule is C=CC(=O)Nc1cc2c(c3cn[nH]c13)NC=C(C)N=C2c1ccccc1Cl. The second-order valence-corrected chi connectivity index (χ2v) is 6.48. The van der Waals surface area contributed by atoms with Gasteiger partial charge in [0.1, 0.15) is 0 Å². The maximum absolute atomic E-state index is 11.9. The van der Waals surface area contributed by atoms with Crippen molar-refractivity contribution in [3.05, 3.63) is 77.2 Å². The van der Waals surface area contributed by atoms with E-state index in [9.17, 15) is 4.79 Å². The van der Waals surface area contributed by atoms with E-state index in [1.54, 1.807) is 6.20 Å². The van der Waals surface area contributed by atoms with E-state index in [0.717, 1.165) is 27.9 Å². The Bertz CT molecular complexity index is 1140. The number of aromatic nitrogens is 2. The molecule has 0 bridgehead atoms. The summed E-state index contributed by atoms with van der Waals surface area (Å²) in [6, 6.07) is 9.40. The molecule has 1 aliphatic rings. The Morgan fingerprint density at radius 1 is 1.30 bits per heavy atom. The average molecular weight is 378 g/mol. The Labute approximate surface area is 160 Å². The highest BCUT2D eigenvalue weighted by Gasteiger charge is 2.22. The molecule has 1 aliphatic heterocycles. The van der Waals surface area contributed by atoms with Crippen molar-refractivity contribution in [1.82, 2.24) is 10.2 Å². The smallest absolute Gasteiger partial charge is 0.247 e. The number of carbonyl (C=O) groups excluding carboxylic acids is 1. The molecule has 27 heavy (non-hydrogen) atoms. The van der Waals surface area contributed by atoms with E-state index >= 15 is 0 Å². The summed E-state index contributed by atoms with van der Waals surface area (Å²) in [4.78, 5) is 16.6. The minimum Gasteiger partial charge on any atom is -0.359 e. The Morgan fingerprint density at radius 2 is 2.11 bits per heavy atom. The number of amides is 1. The molecule has 2 heterocycles. The number of benzene rings is 2. The van der Waals surface area contributed by atoms with Crippen molar-refractivity contribution in [2.45, 2.75) is 6.92 Å². The predicted molar refractivity (Wildman–Crippen MR) is 109 cm³/mol. The van der Waals surface area contributed by atoms with Crippen LogP contribution in [0.15, 0.2) is 66.1 Å². The van der Waals surface area contributed by atoms with Gasteiger partial charge in [-0.15, -0.1) is 0 Å². The number of nitrogens with zero attached hydrogens (tertiary/aromatic N) is 2. The Hall–Kier alpha value is -3.38. The van der Waals surface area contributed by atoms with Gasteiger partial charge in [-0.25, -0.2) is 0 Å². The largest absolute Gasteiger partial charge is 0.359 e. The zero-order valence-corrected chi connectivity index (χ0v) is 15.3. The third-order valence-electron chi connectivity index (χ3n) is 4.28. The van der Waals surface area contributed by atoms with Gasteiger partial charge in [-0.05, 0) is 25.1 Å². The summed E-state index contributed by atoms with van der Waals surface area (Å²) >= 11 is 6.45. The minimum absolute atomic E-state index is 0.307. The Kier molecular flexibility index (Phi) is 4.25. The summed E-state index contributed by atoms with van der Waals surface area (Å²) < 4.78 is 0. The van der Waals surface area contributed by atoms with E-state index in [-0.39, 0.29) is 5.91 Å². The van der Waals surface area contributed by atoms with Crippen LogP contribution in [0.4, 0.5) is 11.4 Å². The summed E-state index contributed by atoms with van der Waals surface area (Å²) in [5.41, 5.74) is 5.27. The molecular formula is C20H16ClN5O. The van der Waals surface area contributed by atoms with Crippen LogP contribution in [-0.2, 0) is 4.79 Å². The van der Waals surface area contributed by atoms with Gasteiger partial charge in [0.25, 0.3) is 0 Å². The van der Waals surface area contributed by atoms with Crippen LogP contribution in [0.5, 0.6) is 0 Å². The molecule has 2 aromatic carbocycles. The maximum Gasteiger partial charge on any atom is 0.247 e. The number of hydrogen-bond donors (Lipinski definition) is 3. The first-order chi connectivity index (χ1) is 13.1. The number of anilines is 2. The van der Waals surface area contributed by atoms with E-state index in [2.05, 4.69) is 27.4 Å². The van der Waals surface area contributed by atoms with Crippen molar-refractivity contribution in [3.63, 3.8) is 0 Å². The van der Waals surface area contributed by atoms with Crippen molar-refractivity contribution in [3.8, 4) is 0 Å². The average Bonchev–Trinajstić information content (AvgIpc) is 3.09. The number of H-pyrrole nitrogens is 1. The van der Waals surface area contributed by atoms with Gasteiger partial charge >= 0.3 is 0 Å². The van der Waals surface area contributed by atoms with Gasteiger partial charge in [0.05, 0.1) is 34.5 Å². The molecule has 0 atom stereocenters. The van der Waals surface area contributed by atoms with Gasteiger partial charge in [0.15, 0.2) is 0 Å². The normalized spacial score (nSPS) is 13.1. The van der Waals surface area contributed by atoms with Gasteiger partial charge in [-0.3, -0.25) is 14.9 Å². The van der Waals surface area contributed by atoms with Gasteiger partial charge in [-0.1, -0.05) is 36.4 Å². The molecule has 0 fully saturated rings. The van der Waals surface area contributed by atoms with E-state index in [1.807, 2.05) is 43.5 Å². The number of carbonyl (C=O) groups is 1. The summed E-state index contributed by atoms with van der Waals surface area (Å²) in [6.45, 7) is 5.42. The van der Waals surface area contributed by atoms with Crippen LogP contribution in [0.3, 0.4) is 0 Å². The minimum atomic E-state index is -0.307. The van der Waals surface area contributed by atoms with E-state index in [4.69, 9.17) is 16.6 Å². The highest BCUT2D eigenvalue weighted by Crippen LogP contribution is 2.36. The molecule has 0 saturated carbocycles. The van der Waals surface area contributed by atoms with Crippen molar-refractivity contribution in [2.75, 3.05) is 10.6 Å². The van der Waals surface area contributed by atoms with Crippen molar-refractivity contribution < 1.29 is 4.79 Å². The summed E-state index contributed by atoms with van der Waals surface area (Å²) in [6.07, 6.45) is 4.77. The lowest BCUT2D eigenvalue weighted by molar-refractivity contribution is -0.111. The number of aromatic amines is 1. The number of rotatable bonds is 3. The standard InChI is InChI=1S/C20H16ClN5O/c1-3-17(27)25-16-8-13-18(14-10-23-26-20(14)16)22-9-11(2)24-19(13)12-6-4-5-7-15(12)21/h3-10,22H,1H2,2H3,(H,23,26)(H,25,27). The number of hydrogen-bond acceptors (Lipinski definition) is 4. The monoisotopic (exact) mass is 377 g/mol. The number of allylic oxidation sites excluding steroid dienone is 1. The van der Waals surface area contributed by atoms with Crippen LogP contribution in [0.1, 0.15) is 18.1 Å². The molecule has 3 aromatic rings. The van der Waals surface area contributed by atoms with Crippen LogP contribution < -0.4 is 10.6 Å². The van der Waals surface area contributed by atoms with Crippen molar-refractivity contribution in [2.24, 2.45) is 4.99 Å². The van der Waals surface area contributed by atoms with E-state index in [1.165, 1.54) is 6.08 Å². The molecule has 0 saturated heterocycles. The first-order valence-electron chi connectivity index (χ1n) is 8.29. The molecule has 0 spiro atoms. The molecule has 0 aliphatic carbocycles. The van der Waals surface area contributed by atoms with Crippen molar-refractivity contribution in [1.29, 1.82) is 0 Å². The second-order valence-electron chi connectivity index (χ2n) is 6.07. The molecule has 3 N–H and O–H groups in total. The molecule has 6 nitrogen and oxygen atoms in total. The molecular weight excluding hydrogens is 362 g/mol. The van der Waals surface area contributed by atoms with Crippen LogP contribution in [0, 0.1) is 0 Å². The summed E-state index contributed by atoms with van der Waals surface area (Å²) in [5.74, 6) is -0.307. The molecule has 7 heteroatoms. The molecule has 134 valence electrons. The third-order valence-corrected chi connectivity index (χ3v) is 4.61. The number of nitrogens with one attached hydrogen (secondary N) is 3. The van der Waals surface area contributed by atoms with Crippen molar-refractivity contribution >= 4 is 45.5 Å². The summed E-state index contributed by atoms with van der Waals surface area (Å²) in [5, 5.41) is 14.6. The molecule has 0 radical (unpaired) electrons. The third kappa shape index (κ3) is 3.00. The molecule has 4 rings (SSSR count). The maximum atomic E-state index is 11.9. The van der Waals surface area contributed by atoms with Gasteiger partial charge in [0.2, 0.25) is 5.91 Å². The zero-order chi connectivity index (χ0) is 19.0. The zero-order valence-electron chi connectivity index (χ0n) is 14.5. The highest BCUT2D eigenvalue weighted by molar-refractivity contribution is 6.36. The van der Waals surface area contributed by atoms with Crippen LogP contribution in [0.2, 0.25) is 5.02 Å². The molecule has 0 unspecified atom stereocenters.